The fraction of sp³-hybridized carbons (Fsp3) is 0.500. The van der Waals surface area contributed by atoms with Crippen molar-refractivity contribution in [3.8, 4) is 0 Å². The molecule has 0 spiro atoms. The molecule has 9 nitrogen and oxygen atoms in total. The number of rotatable bonds is 6. The molecule has 3 rings (SSSR count). The molecule has 0 radical (unpaired) electrons. The second-order valence-corrected chi connectivity index (χ2v) is 9.76. The van der Waals surface area contributed by atoms with Gasteiger partial charge in [-0.1, -0.05) is 30.3 Å². The van der Waals surface area contributed by atoms with E-state index in [9.17, 15) is 22.8 Å². The molecule has 2 aliphatic rings. The van der Waals surface area contributed by atoms with Gasteiger partial charge in [-0.05, 0) is 25.8 Å². The van der Waals surface area contributed by atoms with Crippen LogP contribution in [0.25, 0.3) is 0 Å². The van der Waals surface area contributed by atoms with E-state index < -0.39 is 33.9 Å². The van der Waals surface area contributed by atoms with Crippen LogP contribution in [-0.2, 0) is 29.0 Å². The number of hydrogen-bond acceptors (Lipinski definition) is 7. The Bertz CT molecular complexity index is 960. The molecule has 0 saturated carbocycles. The quantitative estimate of drug-likeness (QED) is 0.664. The van der Waals surface area contributed by atoms with E-state index in [2.05, 4.69) is 10.4 Å². The summed E-state index contributed by atoms with van der Waals surface area (Å²) in [6.07, 6.45) is -0.640. The summed E-state index contributed by atoms with van der Waals surface area (Å²) in [6.45, 7) is 3.28. The zero-order valence-electron chi connectivity index (χ0n) is 16.9. The average molecular weight is 436 g/mol. The van der Waals surface area contributed by atoms with Crippen molar-refractivity contribution in [2.75, 3.05) is 11.5 Å². The molecule has 2 heterocycles. The first-order chi connectivity index (χ1) is 14.2. The molecule has 1 N–H and O–H groups in total. The highest BCUT2D eigenvalue weighted by atomic mass is 32.2. The first-order valence-corrected chi connectivity index (χ1v) is 11.6. The van der Waals surface area contributed by atoms with Gasteiger partial charge in [0, 0.05) is 12.8 Å². The molecule has 30 heavy (non-hydrogen) atoms. The van der Waals surface area contributed by atoms with Gasteiger partial charge in [0.15, 0.2) is 15.9 Å². The molecule has 1 fully saturated rings. The normalized spacial score (nSPS) is 22.7. The van der Waals surface area contributed by atoms with Crippen molar-refractivity contribution >= 4 is 33.3 Å². The summed E-state index contributed by atoms with van der Waals surface area (Å²) in [7, 11) is -3.20. The Morgan fingerprint density at radius 3 is 2.53 bits per heavy atom. The van der Waals surface area contributed by atoms with Crippen molar-refractivity contribution in [2.45, 2.75) is 51.3 Å². The van der Waals surface area contributed by atoms with Crippen LogP contribution < -0.4 is 5.32 Å². The van der Waals surface area contributed by atoms with Gasteiger partial charge in [-0.15, -0.1) is 0 Å². The number of benzene rings is 1. The molecule has 1 saturated heterocycles. The van der Waals surface area contributed by atoms with E-state index in [0.29, 0.717) is 0 Å². The van der Waals surface area contributed by atoms with Gasteiger partial charge in [-0.2, -0.15) is 5.10 Å². The number of hydrazone groups is 1. The van der Waals surface area contributed by atoms with Crippen LogP contribution in [0.5, 0.6) is 0 Å². The summed E-state index contributed by atoms with van der Waals surface area (Å²) in [5.74, 6) is -1.74. The summed E-state index contributed by atoms with van der Waals surface area (Å²) in [4.78, 5) is 37.0. The molecule has 2 aliphatic heterocycles. The number of hydrogen-bond donors (Lipinski definition) is 1. The number of esters is 1. The standard InChI is InChI=1S/C20H25N3O6S/c1-13(15-6-4-3-5-7-15)21-19(25)14(2)29-20(26)17-8-9-18(24)23(22-17)16-10-11-30(27,28)12-16/h3-7,13-14,16H,8-12H2,1-2H3,(H,21,25). The van der Waals surface area contributed by atoms with Crippen molar-refractivity contribution in [1.29, 1.82) is 0 Å². The van der Waals surface area contributed by atoms with Crippen molar-refractivity contribution in [3.05, 3.63) is 35.9 Å². The summed E-state index contributed by atoms with van der Waals surface area (Å²) in [5, 5.41) is 7.94. The smallest absolute Gasteiger partial charge is 0.355 e. The summed E-state index contributed by atoms with van der Waals surface area (Å²) in [5.41, 5.74) is 0.927. The summed E-state index contributed by atoms with van der Waals surface area (Å²) < 4.78 is 28.6. The van der Waals surface area contributed by atoms with E-state index in [1.165, 1.54) is 6.92 Å². The lowest BCUT2D eigenvalue weighted by atomic mass is 10.1. The minimum absolute atomic E-state index is 0.00640. The van der Waals surface area contributed by atoms with Crippen molar-refractivity contribution in [1.82, 2.24) is 10.3 Å². The fourth-order valence-electron chi connectivity index (χ4n) is 3.41. The highest BCUT2D eigenvalue weighted by Gasteiger charge is 2.38. The highest BCUT2D eigenvalue weighted by molar-refractivity contribution is 7.91. The van der Waals surface area contributed by atoms with Crippen molar-refractivity contribution < 1.29 is 27.5 Å². The minimum Gasteiger partial charge on any atom is -0.448 e. The zero-order valence-corrected chi connectivity index (χ0v) is 17.7. The second-order valence-electron chi connectivity index (χ2n) is 7.53. The SMILES string of the molecule is CC(OC(=O)C1=NN(C2CCS(=O)(=O)C2)C(=O)CC1)C(=O)NC(C)c1ccccc1. The van der Waals surface area contributed by atoms with Crippen LogP contribution in [-0.4, -0.2) is 60.6 Å². The van der Waals surface area contributed by atoms with E-state index in [4.69, 9.17) is 4.74 Å². The third-order valence-corrected chi connectivity index (χ3v) is 6.91. The number of carbonyl (C=O) groups excluding carboxylic acids is 3. The third-order valence-electron chi connectivity index (χ3n) is 5.16. The third kappa shape index (κ3) is 5.24. The molecule has 0 aliphatic carbocycles. The molecule has 0 bridgehead atoms. The molecule has 10 heteroatoms. The highest BCUT2D eigenvalue weighted by Crippen LogP contribution is 2.22. The topological polar surface area (TPSA) is 122 Å². The Morgan fingerprint density at radius 2 is 1.90 bits per heavy atom. The fourth-order valence-corrected chi connectivity index (χ4v) is 5.10. The maximum Gasteiger partial charge on any atom is 0.355 e. The van der Waals surface area contributed by atoms with Gasteiger partial charge in [-0.25, -0.2) is 18.2 Å². The van der Waals surface area contributed by atoms with Gasteiger partial charge in [-0.3, -0.25) is 9.59 Å². The molecule has 162 valence electrons. The largest absolute Gasteiger partial charge is 0.448 e. The molecule has 0 aromatic heterocycles. The van der Waals surface area contributed by atoms with Crippen LogP contribution in [0, 0.1) is 0 Å². The summed E-state index contributed by atoms with van der Waals surface area (Å²) >= 11 is 0. The lowest BCUT2D eigenvalue weighted by Crippen LogP contribution is -2.43. The predicted octanol–water partition coefficient (Wildman–Crippen LogP) is 0.961. The Balaban J connectivity index is 1.60. The number of sulfone groups is 1. The van der Waals surface area contributed by atoms with Crippen LogP contribution in [0.2, 0.25) is 0 Å². The number of nitrogens with zero attached hydrogens (tertiary/aromatic N) is 2. The van der Waals surface area contributed by atoms with Crippen LogP contribution in [0.4, 0.5) is 0 Å². The van der Waals surface area contributed by atoms with Gasteiger partial charge >= 0.3 is 5.97 Å². The molecular formula is C20H25N3O6S. The molecule has 1 aromatic carbocycles. The lowest BCUT2D eigenvalue weighted by Gasteiger charge is -2.27. The maximum absolute atomic E-state index is 12.5. The van der Waals surface area contributed by atoms with Crippen molar-refractivity contribution in [2.24, 2.45) is 5.10 Å². The number of ether oxygens (including phenoxy) is 1. The van der Waals surface area contributed by atoms with Gasteiger partial charge in [0.2, 0.25) is 5.91 Å². The Hall–Kier alpha value is -2.75. The first kappa shape index (κ1) is 21.9. The van der Waals surface area contributed by atoms with Crippen LogP contribution >= 0.6 is 0 Å². The number of nitrogens with one attached hydrogen (secondary N) is 1. The number of carbonyl (C=O) groups is 3. The van der Waals surface area contributed by atoms with Crippen LogP contribution in [0.1, 0.15) is 44.7 Å². The van der Waals surface area contributed by atoms with Gasteiger partial charge in [0.1, 0.15) is 5.71 Å². The minimum atomic E-state index is -3.20. The molecule has 3 atom stereocenters. The second kappa shape index (κ2) is 8.95. The monoisotopic (exact) mass is 435 g/mol. The Kier molecular flexibility index (Phi) is 6.55. The van der Waals surface area contributed by atoms with Crippen LogP contribution in [0.3, 0.4) is 0 Å². The van der Waals surface area contributed by atoms with E-state index in [0.717, 1.165) is 10.6 Å². The molecule has 1 aromatic rings. The van der Waals surface area contributed by atoms with Gasteiger partial charge in [0.25, 0.3) is 5.91 Å². The molecule has 2 amide bonds. The van der Waals surface area contributed by atoms with E-state index in [-0.39, 0.29) is 48.4 Å². The number of amides is 2. The predicted molar refractivity (Wildman–Crippen MR) is 109 cm³/mol. The first-order valence-electron chi connectivity index (χ1n) is 9.82. The molecule has 3 unspecified atom stereocenters. The zero-order chi connectivity index (χ0) is 21.9. The molecular weight excluding hydrogens is 410 g/mol. The Morgan fingerprint density at radius 1 is 1.20 bits per heavy atom. The lowest BCUT2D eigenvalue weighted by molar-refractivity contribution is -0.149. The maximum atomic E-state index is 12.5. The Labute approximate surface area is 175 Å². The van der Waals surface area contributed by atoms with E-state index >= 15 is 0 Å². The van der Waals surface area contributed by atoms with Gasteiger partial charge < -0.3 is 10.1 Å². The van der Waals surface area contributed by atoms with E-state index in [1.54, 1.807) is 0 Å². The average Bonchev–Trinajstić information content (AvgIpc) is 3.08. The summed E-state index contributed by atoms with van der Waals surface area (Å²) in [6, 6.07) is 8.54. The van der Waals surface area contributed by atoms with Crippen molar-refractivity contribution in [3.63, 3.8) is 0 Å². The van der Waals surface area contributed by atoms with Crippen LogP contribution in [0.15, 0.2) is 35.4 Å². The van der Waals surface area contributed by atoms with E-state index in [1.807, 2.05) is 37.3 Å². The van der Waals surface area contributed by atoms with Gasteiger partial charge in [0.05, 0.1) is 23.6 Å².